The lowest BCUT2D eigenvalue weighted by atomic mass is 10.3. The zero-order valence-electron chi connectivity index (χ0n) is 6.31. The molecule has 0 saturated carbocycles. The Morgan fingerprint density at radius 1 is 1.23 bits per heavy atom. The number of rotatable bonds is 4. The zero-order chi connectivity index (χ0) is 10.4. The van der Waals surface area contributed by atoms with Gasteiger partial charge in [-0.05, 0) is 0 Å². The van der Waals surface area contributed by atoms with Crippen molar-refractivity contribution >= 4 is 11.9 Å². The predicted octanol–water partition coefficient (Wildman–Crippen LogP) is 0.655. The summed E-state index contributed by atoms with van der Waals surface area (Å²) in [6, 6.07) is 0. The van der Waals surface area contributed by atoms with Gasteiger partial charge in [0, 0.05) is 0 Å². The molecule has 0 fully saturated rings. The molecule has 0 aliphatic heterocycles. The fraction of sp³-hybridized carbons (Fsp3) is 0.333. The summed E-state index contributed by atoms with van der Waals surface area (Å²) in [5, 5.41) is 9.76. The molecule has 7 heteroatoms. The third kappa shape index (κ3) is 5.71. The largest absolute Gasteiger partial charge is 0.480 e. The van der Waals surface area contributed by atoms with Crippen molar-refractivity contribution in [1.82, 2.24) is 5.32 Å². The van der Waals surface area contributed by atoms with Crippen molar-refractivity contribution in [3.05, 3.63) is 11.9 Å². The second kappa shape index (κ2) is 5.18. The SMILES string of the molecule is O=C(O)CNC(=O)CC(F)=C(F)F. The van der Waals surface area contributed by atoms with Crippen LogP contribution in [0.2, 0.25) is 0 Å². The van der Waals surface area contributed by atoms with Crippen LogP contribution in [0.15, 0.2) is 11.9 Å². The number of halogens is 3. The molecule has 0 radical (unpaired) electrons. The number of hydrogen-bond donors (Lipinski definition) is 2. The van der Waals surface area contributed by atoms with E-state index in [1.54, 1.807) is 5.32 Å². The number of carbonyl (C=O) groups excluding carboxylic acids is 1. The van der Waals surface area contributed by atoms with Crippen LogP contribution >= 0.6 is 0 Å². The molecule has 0 spiro atoms. The summed E-state index contributed by atoms with van der Waals surface area (Å²) in [5.41, 5.74) is 0. The quantitative estimate of drug-likeness (QED) is 0.695. The Labute approximate surface area is 71.0 Å². The van der Waals surface area contributed by atoms with Gasteiger partial charge in [-0.2, -0.15) is 8.78 Å². The van der Waals surface area contributed by atoms with Crippen LogP contribution in [0.5, 0.6) is 0 Å². The minimum atomic E-state index is -2.58. The van der Waals surface area contributed by atoms with Gasteiger partial charge in [0.15, 0.2) is 5.83 Å². The highest BCUT2D eigenvalue weighted by Crippen LogP contribution is 2.12. The predicted molar refractivity (Wildman–Crippen MR) is 35.6 cm³/mol. The van der Waals surface area contributed by atoms with Gasteiger partial charge in [0.1, 0.15) is 6.54 Å². The Hall–Kier alpha value is -1.53. The molecule has 0 atom stereocenters. The molecule has 13 heavy (non-hydrogen) atoms. The highest BCUT2D eigenvalue weighted by atomic mass is 19.3. The molecule has 74 valence electrons. The van der Waals surface area contributed by atoms with Crippen molar-refractivity contribution in [2.75, 3.05) is 6.54 Å². The van der Waals surface area contributed by atoms with E-state index >= 15 is 0 Å². The van der Waals surface area contributed by atoms with Crippen LogP contribution in [0.1, 0.15) is 6.42 Å². The molecular formula is C6H6F3NO3. The molecular weight excluding hydrogens is 191 g/mol. The minimum absolute atomic E-state index is 0.722. The normalized spacial score (nSPS) is 9.15. The van der Waals surface area contributed by atoms with Crippen molar-refractivity contribution in [3.8, 4) is 0 Å². The van der Waals surface area contributed by atoms with E-state index in [1.165, 1.54) is 0 Å². The van der Waals surface area contributed by atoms with Crippen LogP contribution in [0.4, 0.5) is 13.2 Å². The fourth-order valence-corrected chi connectivity index (χ4v) is 0.444. The van der Waals surface area contributed by atoms with E-state index in [1.807, 2.05) is 0 Å². The van der Waals surface area contributed by atoms with Crippen molar-refractivity contribution in [2.45, 2.75) is 6.42 Å². The Morgan fingerprint density at radius 3 is 2.15 bits per heavy atom. The summed E-state index contributed by atoms with van der Waals surface area (Å²) < 4.78 is 34.8. The van der Waals surface area contributed by atoms with Crippen molar-refractivity contribution in [2.24, 2.45) is 0 Å². The maximum atomic E-state index is 12.0. The molecule has 0 bridgehead atoms. The van der Waals surface area contributed by atoms with Gasteiger partial charge in [0.25, 0.3) is 0 Å². The summed E-state index contributed by atoms with van der Waals surface area (Å²) in [6.07, 6.45) is -3.72. The van der Waals surface area contributed by atoms with E-state index in [9.17, 15) is 22.8 Å². The first kappa shape index (κ1) is 11.5. The van der Waals surface area contributed by atoms with Gasteiger partial charge >= 0.3 is 12.0 Å². The van der Waals surface area contributed by atoms with E-state index in [0.29, 0.717) is 0 Å². The number of carboxylic acid groups (broad SMARTS) is 1. The summed E-state index contributed by atoms with van der Waals surface area (Å²) in [5.74, 6) is -4.30. The molecule has 4 nitrogen and oxygen atoms in total. The number of amides is 1. The highest BCUT2D eigenvalue weighted by Gasteiger charge is 2.11. The van der Waals surface area contributed by atoms with Gasteiger partial charge in [-0.15, -0.1) is 0 Å². The molecule has 1 amide bonds. The maximum absolute atomic E-state index is 12.0. The average molecular weight is 197 g/mol. The molecule has 0 saturated heterocycles. The van der Waals surface area contributed by atoms with Crippen molar-refractivity contribution in [1.29, 1.82) is 0 Å². The Morgan fingerprint density at radius 2 is 1.77 bits per heavy atom. The molecule has 0 aliphatic carbocycles. The molecule has 0 heterocycles. The first-order chi connectivity index (χ1) is 5.93. The third-order valence-corrected chi connectivity index (χ3v) is 0.958. The van der Waals surface area contributed by atoms with Gasteiger partial charge < -0.3 is 10.4 Å². The van der Waals surface area contributed by atoms with Crippen LogP contribution < -0.4 is 5.32 Å². The standard InChI is InChI=1S/C6H6F3NO3/c7-3(6(8)9)1-4(11)10-2-5(12)13/h1-2H2,(H,10,11)(H,12,13). The first-order valence-corrected chi connectivity index (χ1v) is 3.11. The lowest BCUT2D eigenvalue weighted by Crippen LogP contribution is -2.29. The fourth-order valence-electron chi connectivity index (χ4n) is 0.444. The Bertz CT molecular complexity index is 248. The molecule has 0 aromatic carbocycles. The molecule has 0 unspecified atom stereocenters. The second-order valence-electron chi connectivity index (χ2n) is 2.01. The number of nitrogens with one attached hydrogen (secondary N) is 1. The van der Waals surface area contributed by atoms with E-state index in [2.05, 4.69) is 0 Å². The van der Waals surface area contributed by atoms with E-state index in [0.717, 1.165) is 0 Å². The molecule has 0 rings (SSSR count). The zero-order valence-corrected chi connectivity index (χ0v) is 6.31. The summed E-state index contributed by atoms with van der Waals surface area (Å²) in [4.78, 5) is 20.3. The monoisotopic (exact) mass is 197 g/mol. The number of carboxylic acids is 1. The lowest BCUT2D eigenvalue weighted by molar-refractivity contribution is -0.137. The van der Waals surface area contributed by atoms with E-state index in [4.69, 9.17) is 5.11 Å². The number of carbonyl (C=O) groups is 2. The van der Waals surface area contributed by atoms with Crippen LogP contribution in [-0.2, 0) is 9.59 Å². The molecule has 0 aromatic rings. The average Bonchev–Trinajstić information content (AvgIpc) is 2.00. The maximum Gasteiger partial charge on any atom is 0.322 e. The van der Waals surface area contributed by atoms with Gasteiger partial charge in [-0.1, -0.05) is 0 Å². The van der Waals surface area contributed by atoms with Crippen LogP contribution in [0.25, 0.3) is 0 Å². The summed E-state index contributed by atoms with van der Waals surface area (Å²) in [7, 11) is 0. The number of aliphatic carboxylic acids is 1. The van der Waals surface area contributed by atoms with Crippen LogP contribution in [0.3, 0.4) is 0 Å². The summed E-state index contributed by atoms with van der Waals surface area (Å²) in [6.45, 7) is -0.722. The molecule has 2 N–H and O–H groups in total. The Kier molecular flexibility index (Phi) is 4.57. The molecule has 0 aromatic heterocycles. The van der Waals surface area contributed by atoms with Gasteiger partial charge in [-0.25, -0.2) is 4.39 Å². The lowest BCUT2D eigenvalue weighted by Gasteiger charge is -1.98. The van der Waals surface area contributed by atoms with Crippen LogP contribution in [-0.4, -0.2) is 23.5 Å². The topological polar surface area (TPSA) is 66.4 Å². The van der Waals surface area contributed by atoms with Gasteiger partial charge in [0.05, 0.1) is 6.42 Å². The first-order valence-electron chi connectivity index (χ1n) is 3.11. The van der Waals surface area contributed by atoms with Gasteiger partial charge in [-0.3, -0.25) is 9.59 Å². The van der Waals surface area contributed by atoms with Crippen molar-refractivity contribution < 1.29 is 27.9 Å². The van der Waals surface area contributed by atoms with Crippen LogP contribution in [0, 0.1) is 0 Å². The van der Waals surface area contributed by atoms with E-state index in [-0.39, 0.29) is 0 Å². The third-order valence-electron chi connectivity index (χ3n) is 0.958. The Balaban J connectivity index is 3.89. The smallest absolute Gasteiger partial charge is 0.322 e. The number of hydrogen-bond acceptors (Lipinski definition) is 2. The molecule has 0 aliphatic rings. The van der Waals surface area contributed by atoms with Crippen molar-refractivity contribution in [3.63, 3.8) is 0 Å². The second-order valence-corrected chi connectivity index (χ2v) is 2.01. The summed E-state index contributed by atoms with van der Waals surface area (Å²) >= 11 is 0. The minimum Gasteiger partial charge on any atom is -0.480 e. The van der Waals surface area contributed by atoms with Gasteiger partial charge in [0.2, 0.25) is 5.91 Å². The van der Waals surface area contributed by atoms with E-state index < -0.39 is 36.7 Å². The highest BCUT2D eigenvalue weighted by molar-refractivity contribution is 5.82.